The highest BCUT2D eigenvalue weighted by Gasteiger charge is 2.31. The summed E-state index contributed by atoms with van der Waals surface area (Å²) in [6.45, 7) is 2.84. The Morgan fingerprint density at radius 3 is 2.94 bits per heavy atom. The van der Waals surface area contributed by atoms with Gasteiger partial charge in [0.1, 0.15) is 0 Å². The molecule has 1 amide bonds. The van der Waals surface area contributed by atoms with Crippen molar-refractivity contribution in [3.8, 4) is 0 Å². The molecule has 1 fully saturated rings. The third-order valence-corrected chi connectivity index (χ3v) is 3.66. The number of nitrogens with one attached hydrogen (secondary N) is 1. The molecule has 0 aromatic heterocycles. The molecule has 5 heteroatoms. The number of ether oxygens (including phenoxy) is 1. The second-order valence-electron chi connectivity index (χ2n) is 4.59. The summed E-state index contributed by atoms with van der Waals surface area (Å²) in [7, 11) is 0. The Kier molecular flexibility index (Phi) is 4.37. The van der Waals surface area contributed by atoms with Crippen LogP contribution < -0.4 is 11.1 Å². The fraction of sp³-hybridized carbons (Fsp3) is 0.462. The van der Waals surface area contributed by atoms with E-state index >= 15 is 0 Å². The molecular weight excluding hydrogens is 296 g/mol. The van der Waals surface area contributed by atoms with E-state index in [2.05, 4.69) is 21.2 Å². The van der Waals surface area contributed by atoms with Gasteiger partial charge in [-0.1, -0.05) is 28.1 Å². The van der Waals surface area contributed by atoms with E-state index in [-0.39, 0.29) is 23.9 Å². The largest absolute Gasteiger partial charge is 0.379 e. The normalized spacial score (nSPS) is 24.8. The Hall–Kier alpha value is -0.910. The van der Waals surface area contributed by atoms with Crippen molar-refractivity contribution in [1.29, 1.82) is 0 Å². The van der Waals surface area contributed by atoms with E-state index in [0.717, 1.165) is 10.0 Å². The van der Waals surface area contributed by atoms with Crippen LogP contribution in [-0.2, 0) is 9.53 Å². The van der Waals surface area contributed by atoms with Gasteiger partial charge in [0.15, 0.2) is 0 Å². The van der Waals surface area contributed by atoms with Gasteiger partial charge in [0, 0.05) is 10.5 Å². The van der Waals surface area contributed by atoms with Gasteiger partial charge in [-0.25, -0.2) is 0 Å². The van der Waals surface area contributed by atoms with Gasteiger partial charge in [0.2, 0.25) is 5.91 Å². The lowest BCUT2D eigenvalue weighted by Crippen LogP contribution is -2.41. The van der Waals surface area contributed by atoms with Crippen molar-refractivity contribution in [2.24, 2.45) is 11.7 Å². The maximum atomic E-state index is 12.0. The van der Waals surface area contributed by atoms with Crippen molar-refractivity contribution in [3.05, 3.63) is 34.3 Å². The van der Waals surface area contributed by atoms with Gasteiger partial charge in [0.05, 0.1) is 25.2 Å². The highest BCUT2D eigenvalue weighted by Crippen LogP contribution is 2.19. The molecular formula is C13H17BrN2O2. The van der Waals surface area contributed by atoms with E-state index in [1.807, 2.05) is 31.2 Å². The van der Waals surface area contributed by atoms with Crippen LogP contribution in [0.4, 0.5) is 0 Å². The molecule has 1 aromatic carbocycles. The Balaban J connectivity index is 1.98. The molecule has 1 aliphatic heterocycles. The molecule has 2 unspecified atom stereocenters. The second kappa shape index (κ2) is 5.82. The lowest BCUT2D eigenvalue weighted by molar-refractivity contribution is -0.125. The maximum Gasteiger partial charge on any atom is 0.227 e. The Morgan fingerprint density at radius 2 is 2.33 bits per heavy atom. The third-order valence-electron chi connectivity index (χ3n) is 3.17. The van der Waals surface area contributed by atoms with Crippen molar-refractivity contribution in [1.82, 2.24) is 5.32 Å². The average Bonchev–Trinajstić information content (AvgIpc) is 2.75. The lowest BCUT2D eigenvalue weighted by Gasteiger charge is -2.19. The summed E-state index contributed by atoms with van der Waals surface area (Å²) in [4.78, 5) is 12.0. The Labute approximate surface area is 115 Å². The van der Waals surface area contributed by atoms with Gasteiger partial charge in [-0.15, -0.1) is 0 Å². The first-order chi connectivity index (χ1) is 8.58. The molecule has 1 aliphatic rings. The van der Waals surface area contributed by atoms with Gasteiger partial charge in [0.25, 0.3) is 0 Å². The maximum absolute atomic E-state index is 12.0. The smallest absolute Gasteiger partial charge is 0.227 e. The number of rotatable bonds is 3. The van der Waals surface area contributed by atoms with Crippen LogP contribution in [0.5, 0.6) is 0 Å². The molecule has 1 saturated heterocycles. The van der Waals surface area contributed by atoms with E-state index in [0.29, 0.717) is 13.2 Å². The van der Waals surface area contributed by atoms with Crippen molar-refractivity contribution in [2.75, 3.05) is 13.2 Å². The average molecular weight is 313 g/mol. The SMILES string of the molecule is C[C@@H](NC(=O)C1COCC1N)c1cccc(Br)c1. The summed E-state index contributed by atoms with van der Waals surface area (Å²) >= 11 is 3.42. The number of benzene rings is 1. The Bertz CT molecular complexity index is 439. The predicted octanol–water partition coefficient (Wildman–Crippen LogP) is 1.60. The summed E-state index contributed by atoms with van der Waals surface area (Å²) in [6.07, 6.45) is 0. The van der Waals surface area contributed by atoms with Crippen LogP contribution in [0.3, 0.4) is 0 Å². The van der Waals surface area contributed by atoms with E-state index in [4.69, 9.17) is 10.5 Å². The molecule has 0 saturated carbocycles. The van der Waals surface area contributed by atoms with Crippen molar-refractivity contribution >= 4 is 21.8 Å². The van der Waals surface area contributed by atoms with E-state index in [1.165, 1.54) is 0 Å². The van der Waals surface area contributed by atoms with Gasteiger partial charge >= 0.3 is 0 Å². The Morgan fingerprint density at radius 1 is 1.56 bits per heavy atom. The van der Waals surface area contributed by atoms with Gasteiger partial charge in [-0.2, -0.15) is 0 Å². The summed E-state index contributed by atoms with van der Waals surface area (Å²) in [5.41, 5.74) is 6.89. The predicted molar refractivity (Wildman–Crippen MR) is 73.0 cm³/mol. The zero-order chi connectivity index (χ0) is 13.1. The molecule has 3 atom stereocenters. The molecule has 0 aliphatic carbocycles. The first-order valence-corrected chi connectivity index (χ1v) is 6.76. The van der Waals surface area contributed by atoms with Crippen molar-refractivity contribution in [2.45, 2.75) is 19.0 Å². The molecule has 1 aromatic rings. The number of carbonyl (C=O) groups excluding carboxylic acids is 1. The van der Waals surface area contributed by atoms with Crippen LogP contribution in [-0.4, -0.2) is 25.2 Å². The lowest BCUT2D eigenvalue weighted by atomic mass is 10.0. The second-order valence-corrected chi connectivity index (χ2v) is 5.51. The van der Waals surface area contributed by atoms with E-state index in [9.17, 15) is 4.79 Å². The number of carbonyl (C=O) groups is 1. The minimum Gasteiger partial charge on any atom is -0.379 e. The molecule has 0 spiro atoms. The van der Waals surface area contributed by atoms with Gasteiger partial charge in [-0.3, -0.25) is 4.79 Å². The fourth-order valence-corrected chi connectivity index (χ4v) is 2.44. The number of nitrogens with two attached hydrogens (primary N) is 1. The molecule has 2 rings (SSSR count). The van der Waals surface area contributed by atoms with Crippen LogP contribution in [0.15, 0.2) is 28.7 Å². The van der Waals surface area contributed by atoms with Crippen molar-refractivity contribution in [3.63, 3.8) is 0 Å². The highest BCUT2D eigenvalue weighted by atomic mass is 79.9. The standard InChI is InChI=1S/C13H17BrN2O2/c1-8(9-3-2-4-10(14)5-9)16-13(17)11-6-18-7-12(11)15/h2-5,8,11-12H,6-7,15H2,1H3,(H,16,17)/t8-,11?,12?/m1/s1. The monoisotopic (exact) mass is 312 g/mol. The number of halogens is 1. The third kappa shape index (κ3) is 3.10. The molecule has 1 heterocycles. The summed E-state index contributed by atoms with van der Waals surface area (Å²) in [5, 5.41) is 2.98. The number of hydrogen-bond acceptors (Lipinski definition) is 3. The summed E-state index contributed by atoms with van der Waals surface area (Å²) in [6, 6.07) is 7.66. The molecule has 4 nitrogen and oxygen atoms in total. The van der Waals surface area contributed by atoms with Crippen molar-refractivity contribution < 1.29 is 9.53 Å². The van der Waals surface area contributed by atoms with Crippen LogP contribution in [0, 0.1) is 5.92 Å². The van der Waals surface area contributed by atoms with Crippen LogP contribution in [0.2, 0.25) is 0 Å². The van der Waals surface area contributed by atoms with Crippen LogP contribution in [0.1, 0.15) is 18.5 Å². The summed E-state index contributed by atoms with van der Waals surface area (Å²) in [5.74, 6) is -0.271. The molecule has 3 N–H and O–H groups in total. The molecule has 98 valence electrons. The number of amides is 1. The van der Waals surface area contributed by atoms with Gasteiger partial charge in [-0.05, 0) is 24.6 Å². The zero-order valence-corrected chi connectivity index (χ0v) is 11.8. The van der Waals surface area contributed by atoms with Crippen LogP contribution >= 0.6 is 15.9 Å². The highest BCUT2D eigenvalue weighted by molar-refractivity contribution is 9.10. The first-order valence-electron chi connectivity index (χ1n) is 5.97. The first kappa shape index (κ1) is 13.5. The summed E-state index contributed by atoms with van der Waals surface area (Å²) < 4.78 is 6.21. The molecule has 18 heavy (non-hydrogen) atoms. The minimum atomic E-state index is -0.236. The van der Waals surface area contributed by atoms with Gasteiger partial charge < -0.3 is 15.8 Å². The topological polar surface area (TPSA) is 64.3 Å². The molecule has 0 radical (unpaired) electrons. The van der Waals surface area contributed by atoms with E-state index < -0.39 is 0 Å². The zero-order valence-electron chi connectivity index (χ0n) is 10.2. The fourth-order valence-electron chi connectivity index (χ4n) is 2.02. The molecule has 0 bridgehead atoms. The minimum absolute atomic E-state index is 0.0347. The van der Waals surface area contributed by atoms with E-state index in [1.54, 1.807) is 0 Å². The quantitative estimate of drug-likeness (QED) is 0.891. The number of hydrogen-bond donors (Lipinski definition) is 2. The van der Waals surface area contributed by atoms with Crippen LogP contribution in [0.25, 0.3) is 0 Å².